The zero-order chi connectivity index (χ0) is 35.7. The van der Waals surface area contributed by atoms with Crippen LogP contribution in [0.15, 0.2) is 122 Å². The molecule has 2 aromatic heterocycles. The van der Waals surface area contributed by atoms with Crippen LogP contribution in [-0.4, -0.2) is 62.9 Å². The molecule has 11 heteroatoms. The van der Waals surface area contributed by atoms with Crippen LogP contribution in [0, 0.1) is 0 Å². The molecule has 0 radical (unpaired) electrons. The summed E-state index contributed by atoms with van der Waals surface area (Å²) < 4.78 is 0. The summed E-state index contributed by atoms with van der Waals surface area (Å²) in [5, 5.41) is 20.2. The first kappa shape index (κ1) is 34.7. The van der Waals surface area contributed by atoms with E-state index in [1.807, 2.05) is 91.1 Å². The number of aromatic amines is 2. The van der Waals surface area contributed by atoms with E-state index in [4.69, 9.17) is 5.73 Å². The molecule has 0 aliphatic heterocycles. The summed E-state index contributed by atoms with van der Waals surface area (Å²) in [6.45, 7) is 0. The maximum atomic E-state index is 14.1. The number of rotatable bonds is 15. The lowest BCUT2D eigenvalue weighted by atomic mass is 10.00. The number of nitrogens with two attached hydrogens (primary N) is 1. The molecule has 4 atom stereocenters. The van der Waals surface area contributed by atoms with Crippen molar-refractivity contribution < 1.29 is 24.3 Å². The van der Waals surface area contributed by atoms with Gasteiger partial charge >= 0.3 is 5.97 Å². The molecular weight excluding hydrogens is 644 g/mol. The van der Waals surface area contributed by atoms with Crippen LogP contribution in [0.5, 0.6) is 0 Å². The molecule has 11 nitrogen and oxygen atoms in total. The molecule has 0 saturated carbocycles. The molecule has 6 rings (SSSR count). The number of fused-ring (bicyclic) bond motifs is 2. The lowest BCUT2D eigenvalue weighted by molar-refractivity contribution is -0.142. The molecule has 0 spiro atoms. The number of hydrogen-bond donors (Lipinski definition) is 7. The number of nitrogens with one attached hydrogen (secondary N) is 5. The van der Waals surface area contributed by atoms with Gasteiger partial charge in [-0.3, -0.25) is 14.4 Å². The van der Waals surface area contributed by atoms with Crippen molar-refractivity contribution in [1.82, 2.24) is 25.9 Å². The Bertz CT molecular complexity index is 2130. The monoisotopic (exact) mass is 684 g/mol. The van der Waals surface area contributed by atoms with Gasteiger partial charge in [0, 0.05) is 53.5 Å². The fourth-order valence-corrected chi connectivity index (χ4v) is 6.29. The third-order valence-corrected chi connectivity index (χ3v) is 9.00. The van der Waals surface area contributed by atoms with Gasteiger partial charge < -0.3 is 36.8 Å². The van der Waals surface area contributed by atoms with Crippen LogP contribution >= 0.6 is 0 Å². The number of hydrogen-bond acceptors (Lipinski definition) is 5. The molecule has 0 aliphatic carbocycles. The summed E-state index contributed by atoms with van der Waals surface area (Å²) in [4.78, 5) is 60.3. The Morgan fingerprint density at radius 2 is 0.941 bits per heavy atom. The minimum Gasteiger partial charge on any atom is -0.480 e. The molecule has 4 unspecified atom stereocenters. The van der Waals surface area contributed by atoms with Crippen molar-refractivity contribution in [2.75, 3.05) is 0 Å². The largest absolute Gasteiger partial charge is 0.480 e. The van der Waals surface area contributed by atoms with Gasteiger partial charge in [-0.1, -0.05) is 97.1 Å². The van der Waals surface area contributed by atoms with Gasteiger partial charge in [-0.2, -0.15) is 0 Å². The van der Waals surface area contributed by atoms with Crippen molar-refractivity contribution in [2.24, 2.45) is 5.73 Å². The Labute approximate surface area is 294 Å². The SMILES string of the molecule is NC(Cc1c[nH]c2ccccc12)C(=O)NC(Cc1ccccc1)C(=O)NC(Cc1c[nH]c2ccccc12)C(=O)NC(Cc1ccccc1)C(=O)O. The van der Waals surface area contributed by atoms with Crippen LogP contribution in [-0.2, 0) is 44.9 Å². The Morgan fingerprint density at radius 1 is 0.529 bits per heavy atom. The molecular formula is C40H40N6O5. The van der Waals surface area contributed by atoms with E-state index in [0.717, 1.165) is 44.1 Å². The Hall–Kier alpha value is -6.20. The van der Waals surface area contributed by atoms with Crippen LogP contribution in [0.25, 0.3) is 21.8 Å². The lowest BCUT2D eigenvalue weighted by Crippen LogP contribution is -2.58. The maximum Gasteiger partial charge on any atom is 0.326 e. The minimum absolute atomic E-state index is 0.0523. The summed E-state index contributed by atoms with van der Waals surface area (Å²) in [5.74, 6) is -3.01. The second-order valence-corrected chi connectivity index (χ2v) is 12.6. The smallest absolute Gasteiger partial charge is 0.326 e. The quantitative estimate of drug-likeness (QED) is 0.0864. The highest BCUT2D eigenvalue weighted by molar-refractivity contribution is 5.95. The number of amides is 3. The summed E-state index contributed by atoms with van der Waals surface area (Å²) >= 11 is 0. The molecule has 0 aliphatic rings. The van der Waals surface area contributed by atoms with E-state index < -0.39 is 47.9 Å². The van der Waals surface area contributed by atoms with Gasteiger partial charge in [-0.05, 0) is 40.8 Å². The standard InChI is InChI=1S/C40H40N6O5/c41-31(21-27-23-42-32-17-9-7-15-29(27)32)37(47)44-34(19-25-11-3-1-4-12-25)38(48)45-35(22-28-24-43-33-18-10-8-16-30(28)33)39(49)46-36(40(50)51)20-26-13-5-2-6-14-26/h1-18,23-24,31,34-36,42-43H,19-22,41H2,(H,44,47)(H,45,48)(H,46,49)(H,50,51). The van der Waals surface area contributed by atoms with Gasteiger partial charge in [-0.25, -0.2) is 4.79 Å². The highest BCUT2D eigenvalue weighted by atomic mass is 16.4. The van der Waals surface area contributed by atoms with Crippen LogP contribution in [0.4, 0.5) is 0 Å². The van der Waals surface area contributed by atoms with Gasteiger partial charge in [0.25, 0.3) is 0 Å². The summed E-state index contributed by atoms with van der Waals surface area (Å²) in [6.07, 6.45) is 4.07. The molecule has 260 valence electrons. The van der Waals surface area contributed by atoms with Crippen molar-refractivity contribution in [3.05, 3.63) is 144 Å². The number of aliphatic carboxylic acids is 1. The number of carbonyl (C=O) groups is 4. The predicted octanol–water partition coefficient (Wildman–Crippen LogP) is 3.79. The zero-order valence-corrected chi connectivity index (χ0v) is 27.8. The minimum atomic E-state index is -1.25. The van der Waals surface area contributed by atoms with Crippen LogP contribution in [0.2, 0.25) is 0 Å². The highest BCUT2D eigenvalue weighted by Crippen LogP contribution is 2.21. The molecule has 0 bridgehead atoms. The predicted molar refractivity (Wildman–Crippen MR) is 196 cm³/mol. The average molecular weight is 685 g/mol. The molecule has 2 heterocycles. The van der Waals surface area contributed by atoms with Gasteiger partial charge in [0.15, 0.2) is 0 Å². The van der Waals surface area contributed by atoms with E-state index in [9.17, 15) is 24.3 Å². The van der Waals surface area contributed by atoms with Gasteiger partial charge in [0.05, 0.1) is 6.04 Å². The van der Waals surface area contributed by atoms with Crippen molar-refractivity contribution in [3.8, 4) is 0 Å². The van der Waals surface area contributed by atoms with Crippen molar-refractivity contribution in [1.29, 1.82) is 0 Å². The lowest BCUT2D eigenvalue weighted by Gasteiger charge is -2.25. The van der Waals surface area contributed by atoms with E-state index in [0.29, 0.717) is 0 Å². The van der Waals surface area contributed by atoms with Crippen LogP contribution < -0.4 is 21.7 Å². The fraction of sp³-hybridized carbons (Fsp3) is 0.200. The molecule has 51 heavy (non-hydrogen) atoms. The highest BCUT2D eigenvalue weighted by Gasteiger charge is 2.31. The first-order chi connectivity index (χ1) is 24.7. The maximum absolute atomic E-state index is 14.1. The number of carbonyl (C=O) groups excluding carboxylic acids is 3. The number of carboxylic acid groups (broad SMARTS) is 1. The third kappa shape index (κ3) is 8.70. The summed E-state index contributed by atoms with van der Waals surface area (Å²) in [7, 11) is 0. The van der Waals surface area contributed by atoms with Crippen molar-refractivity contribution in [2.45, 2.75) is 49.9 Å². The van der Waals surface area contributed by atoms with Crippen molar-refractivity contribution >= 4 is 45.5 Å². The van der Waals surface area contributed by atoms with E-state index in [1.165, 1.54) is 0 Å². The second kappa shape index (κ2) is 16.0. The number of aromatic nitrogens is 2. The number of H-pyrrole nitrogens is 2. The first-order valence-electron chi connectivity index (χ1n) is 16.8. The molecule has 0 fully saturated rings. The third-order valence-electron chi connectivity index (χ3n) is 9.00. The zero-order valence-electron chi connectivity index (χ0n) is 27.8. The number of carboxylic acids is 1. The van der Waals surface area contributed by atoms with E-state index in [-0.39, 0.29) is 25.7 Å². The Balaban J connectivity index is 1.24. The Kier molecular flexibility index (Phi) is 10.9. The van der Waals surface area contributed by atoms with E-state index >= 15 is 0 Å². The summed E-state index contributed by atoms with van der Waals surface area (Å²) in [6, 6.07) is 29.0. The topological polar surface area (TPSA) is 182 Å². The molecule has 3 amide bonds. The molecule has 4 aromatic carbocycles. The van der Waals surface area contributed by atoms with Gasteiger partial charge in [0.2, 0.25) is 17.7 Å². The number of para-hydroxylation sites is 2. The number of benzene rings is 4. The van der Waals surface area contributed by atoms with Gasteiger partial charge in [0.1, 0.15) is 18.1 Å². The van der Waals surface area contributed by atoms with Crippen molar-refractivity contribution in [3.63, 3.8) is 0 Å². The van der Waals surface area contributed by atoms with Gasteiger partial charge in [-0.15, -0.1) is 0 Å². The molecule has 0 saturated heterocycles. The second-order valence-electron chi connectivity index (χ2n) is 12.6. The van der Waals surface area contributed by atoms with E-state index in [1.54, 1.807) is 30.5 Å². The first-order valence-corrected chi connectivity index (χ1v) is 16.8. The fourth-order valence-electron chi connectivity index (χ4n) is 6.29. The van der Waals surface area contributed by atoms with Crippen LogP contribution in [0.1, 0.15) is 22.3 Å². The molecule has 6 aromatic rings. The Morgan fingerprint density at radius 3 is 1.47 bits per heavy atom. The average Bonchev–Trinajstić information content (AvgIpc) is 3.75. The van der Waals surface area contributed by atoms with Crippen LogP contribution in [0.3, 0.4) is 0 Å². The van der Waals surface area contributed by atoms with E-state index in [2.05, 4.69) is 25.9 Å². The normalized spacial score (nSPS) is 13.6. The molecule has 8 N–H and O–H groups in total. The summed E-state index contributed by atoms with van der Waals surface area (Å²) in [5.41, 5.74) is 11.3.